The Bertz CT molecular complexity index is 2310. The molecule has 6 aromatic rings. The third-order valence-electron chi connectivity index (χ3n) is 9.25. The van der Waals surface area contributed by atoms with Crippen molar-refractivity contribution in [1.29, 1.82) is 0 Å². The summed E-state index contributed by atoms with van der Waals surface area (Å²) in [4.78, 5) is 22.5. The van der Waals surface area contributed by atoms with Crippen molar-refractivity contribution in [3.05, 3.63) is 118 Å². The topological polar surface area (TPSA) is 110 Å². The summed E-state index contributed by atoms with van der Waals surface area (Å²) in [5, 5.41) is 9.93. The number of anilines is 1. The van der Waals surface area contributed by atoms with Crippen LogP contribution in [0.3, 0.4) is 0 Å². The van der Waals surface area contributed by atoms with Crippen molar-refractivity contribution in [2.24, 2.45) is 7.05 Å². The van der Waals surface area contributed by atoms with Crippen molar-refractivity contribution in [1.82, 2.24) is 29.6 Å². The SMILES string of the molecule is C1COC1.CNc1ccc2c(c1)nc(CN1CC=C(c3cccc(OCc4ccc(Cl)cc4F)n3)CC1)n2C.Cc1[nH]nc2c(C(F)(F)F)cc(C=O)cc12. The Kier molecular flexibility index (Phi) is 12.5. The fourth-order valence-corrected chi connectivity index (χ4v) is 6.15. The largest absolute Gasteiger partial charge is 0.473 e. The predicted octanol–water partition coefficient (Wildman–Crippen LogP) is 8.78. The molecule has 2 N–H and O–H groups in total. The third-order valence-corrected chi connectivity index (χ3v) is 9.49. The molecule has 0 amide bonds. The van der Waals surface area contributed by atoms with E-state index >= 15 is 0 Å². The highest BCUT2D eigenvalue weighted by Crippen LogP contribution is 2.35. The summed E-state index contributed by atoms with van der Waals surface area (Å²) in [5.41, 5.74) is 5.16. The van der Waals surface area contributed by atoms with Gasteiger partial charge in [0, 0.05) is 79.4 Å². The number of pyridine rings is 1. The summed E-state index contributed by atoms with van der Waals surface area (Å²) < 4.78 is 64.7. The molecule has 1 fully saturated rings. The number of halogens is 5. The molecule has 3 aromatic carbocycles. The Morgan fingerprint density at radius 1 is 1.07 bits per heavy atom. The van der Waals surface area contributed by atoms with E-state index in [-0.39, 0.29) is 23.5 Å². The van der Waals surface area contributed by atoms with Crippen LogP contribution in [0.4, 0.5) is 23.2 Å². The monoisotopic (exact) mass is 777 g/mol. The van der Waals surface area contributed by atoms with Crippen LogP contribution in [0.15, 0.2) is 72.8 Å². The smallest absolute Gasteiger partial charge is 0.418 e. The van der Waals surface area contributed by atoms with Crippen LogP contribution < -0.4 is 10.1 Å². The number of aromatic nitrogens is 5. The molecule has 288 valence electrons. The summed E-state index contributed by atoms with van der Waals surface area (Å²) in [5.74, 6) is 1.14. The number of carbonyl (C=O) groups excluding carboxylic acids is 1. The van der Waals surface area contributed by atoms with Gasteiger partial charge in [-0.3, -0.25) is 14.8 Å². The number of carbonyl (C=O) groups is 1. The Balaban J connectivity index is 0.000000211. The second-order valence-electron chi connectivity index (χ2n) is 13.0. The van der Waals surface area contributed by atoms with Crippen molar-refractivity contribution in [2.75, 3.05) is 38.7 Å². The first-order chi connectivity index (χ1) is 26.4. The van der Waals surface area contributed by atoms with Crippen LogP contribution >= 0.6 is 11.6 Å². The molecule has 0 aliphatic carbocycles. The van der Waals surface area contributed by atoms with E-state index in [9.17, 15) is 22.4 Å². The summed E-state index contributed by atoms with van der Waals surface area (Å²) in [6, 6.07) is 18.7. The van der Waals surface area contributed by atoms with Crippen LogP contribution in [0.1, 0.15) is 51.5 Å². The van der Waals surface area contributed by atoms with Crippen molar-refractivity contribution >= 4 is 51.1 Å². The summed E-state index contributed by atoms with van der Waals surface area (Å²) in [6.45, 7) is 6.22. The molecule has 2 aliphatic heterocycles. The minimum absolute atomic E-state index is 0.00988. The molecule has 0 atom stereocenters. The molecular weight excluding hydrogens is 738 g/mol. The van der Waals surface area contributed by atoms with Crippen molar-refractivity contribution in [3.63, 3.8) is 0 Å². The summed E-state index contributed by atoms with van der Waals surface area (Å²) in [6.07, 6.45) is 0.256. The number of aryl methyl sites for hydroxylation is 2. The molecule has 15 heteroatoms. The molecular formula is C40H40ClF4N7O3. The van der Waals surface area contributed by atoms with Gasteiger partial charge in [0.25, 0.3) is 0 Å². The number of hydrogen-bond donors (Lipinski definition) is 2. The first-order valence-electron chi connectivity index (χ1n) is 17.6. The number of aldehydes is 1. The lowest BCUT2D eigenvalue weighted by atomic mass is 10.0. The Morgan fingerprint density at radius 2 is 1.85 bits per heavy atom. The van der Waals surface area contributed by atoms with Crippen LogP contribution in [-0.4, -0.2) is 69.3 Å². The number of H-pyrrole nitrogens is 1. The molecule has 55 heavy (non-hydrogen) atoms. The number of nitrogens with one attached hydrogen (secondary N) is 2. The lowest BCUT2D eigenvalue weighted by Crippen LogP contribution is -2.29. The number of benzene rings is 3. The molecule has 2 aliphatic rings. The standard InChI is InChI=1S/C27H27ClFN5O.C10H7F3N2O.C3H6O/c1-30-21-8-9-25-24(15-21)31-26(33(25)2)16-34-12-10-18(11-13-34)23-4-3-5-27(32-23)35-17-19-6-7-20(28)14-22(19)29;1-5-7-2-6(4-16)3-8(10(11,12)13)9(7)15-14-5;1-2-4-3-1/h3-10,14-15,30H,11-13,16-17H2,1-2H3;2-4H,1H3,(H,14,15);1-3H2. The van der Waals surface area contributed by atoms with Gasteiger partial charge in [-0.15, -0.1) is 0 Å². The second kappa shape index (κ2) is 17.4. The second-order valence-corrected chi connectivity index (χ2v) is 13.5. The van der Waals surface area contributed by atoms with E-state index in [2.05, 4.69) is 61.3 Å². The number of aromatic amines is 1. The maximum atomic E-state index is 14.0. The zero-order valence-electron chi connectivity index (χ0n) is 30.5. The predicted molar refractivity (Wildman–Crippen MR) is 205 cm³/mol. The van der Waals surface area contributed by atoms with Crippen LogP contribution in [0.5, 0.6) is 5.88 Å². The van der Waals surface area contributed by atoms with Gasteiger partial charge in [0.15, 0.2) is 0 Å². The number of hydrogen-bond acceptors (Lipinski definition) is 8. The molecule has 8 rings (SSSR count). The van der Waals surface area contributed by atoms with Gasteiger partial charge in [-0.2, -0.15) is 18.3 Å². The van der Waals surface area contributed by atoms with Gasteiger partial charge in [-0.1, -0.05) is 29.8 Å². The van der Waals surface area contributed by atoms with Gasteiger partial charge in [0.1, 0.15) is 30.1 Å². The van der Waals surface area contributed by atoms with Gasteiger partial charge in [-0.05, 0) is 73.9 Å². The summed E-state index contributed by atoms with van der Waals surface area (Å²) >= 11 is 5.82. The molecule has 0 saturated carbocycles. The average Bonchev–Trinajstić information content (AvgIpc) is 3.67. The van der Waals surface area contributed by atoms with Gasteiger partial charge in [0.2, 0.25) is 5.88 Å². The minimum Gasteiger partial charge on any atom is -0.473 e. The molecule has 3 aromatic heterocycles. The van der Waals surface area contributed by atoms with E-state index in [1.807, 2.05) is 19.2 Å². The van der Waals surface area contributed by atoms with E-state index in [0.29, 0.717) is 33.8 Å². The third kappa shape index (κ3) is 9.68. The van der Waals surface area contributed by atoms with Gasteiger partial charge in [-0.25, -0.2) is 14.4 Å². The fraction of sp³-hybridized carbons (Fsp3) is 0.300. The minimum atomic E-state index is -4.51. The first-order valence-corrected chi connectivity index (χ1v) is 18.0. The molecule has 0 radical (unpaired) electrons. The van der Waals surface area contributed by atoms with Crippen LogP contribution in [0, 0.1) is 12.7 Å². The van der Waals surface area contributed by atoms with E-state index in [1.54, 1.807) is 25.1 Å². The van der Waals surface area contributed by atoms with E-state index in [0.717, 1.165) is 73.6 Å². The molecule has 0 bridgehead atoms. The van der Waals surface area contributed by atoms with Crippen LogP contribution in [-0.2, 0) is 31.1 Å². The highest BCUT2D eigenvalue weighted by Gasteiger charge is 2.34. The first kappa shape index (κ1) is 39.4. The molecule has 0 unspecified atom stereocenters. The van der Waals surface area contributed by atoms with Crippen molar-refractivity contribution in [2.45, 2.75) is 39.1 Å². The molecule has 0 spiro atoms. The number of fused-ring (bicyclic) bond motifs is 2. The quantitative estimate of drug-likeness (QED) is 0.117. The van der Waals surface area contributed by atoms with Crippen molar-refractivity contribution in [3.8, 4) is 5.88 Å². The van der Waals surface area contributed by atoms with E-state index in [4.69, 9.17) is 26.1 Å². The number of rotatable bonds is 8. The van der Waals surface area contributed by atoms with Crippen LogP contribution in [0.25, 0.3) is 27.5 Å². The number of ether oxygens (including phenoxy) is 2. The zero-order valence-corrected chi connectivity index (χ0v) is 31.3. The fourth-order valence-electron chi connectivity index (χ4n) is 5.99. The normalized spacial score (nSPS) is 14.3. The average molecular weight is 778 g/mol. The summed E-state index contributed by atoms with van der Waals surface area (Å²) in [7, 11) is 3.99. The molecule has 5 heterocycles. The van der Waals surface area contributed by atoms with Crippen molar-refractivity contribution < 1.29 is 31.8 Å². The van der Waals surface area contributed by atoms with Gasteiger partial charge in [0.05, 0.1) is 28.8 Å². The molecule has 1 saturated heterocycles. The maximum Gasteiger partial charge on any atom is 0.418 e. The maximum absolute atomic E-state index is 14.0. The number of imidazole rings is 1. The number of alkyl halides is 3. The highest BCUT2D eigenvalue weighted by molar-refractivity contribution is 6.30. The van der Waals surface area contributed by atoms with Gasteiger partial charge < -0.3 is 19.4 Å². The Hall–Kier alpha value is -5.31. The van der Waals surface area contributed by atoms with Crippen LogP contribution in [0.2, 0.25) is 5.02 Å². The van der Waals surface area contributed by atoms with E-state index < -0.39 is 11.7 Å². The lowest BCUT2D eigenvalue weighted by molar-refractivity contribution is -0.136. The van der Waals surface area contributed by atoms with Gasteiger partial charge >= 0.3 is 6.18 Å². The Morgan fingerprint density at radius 3 is 2.51 bits per heavy atom. The lowest BCUT2D eigenvalue weighted by Gasteiger charge is -2.25. The molecule has 10 nitrogen and oxygen atoms in total. The highest BCUT2D eigenvalue weighted by atomic mass is 35.5. The zero-order chi connectivity index (χ0) is 39.1. The Labute approximate surface area is 320 Å². The number of nitrogens with zero attached hydrogens (tertiary/aromatic N) is 5. The van der Waals surface area contributed by atoms with E-state index in [1.165, 1.54) is 24.1 Å².